The van der Waals surface area contributed by atoms with E-state index in [1.54, 1.807) is 0 Å². The summed E-state index contributed by atoms with van der Waals surface area (Å²) < 4.78 is 2.41. The number of anilines is 2. The number of hydrogen-bond donors (Lipinski definition) is 0. The maximum Gasteiger partial charge on any atom is 0.0857 e. The molecule has 0 saturated carbocycles. The smallest absolute Gasteiger partial charge is 0.0857 e. The fourth-order valence-electron chi connectivity index (χ4n) is 8.31. The van der Waals surface area contributed by atoms with Gasteiger partial charge in [-0.05, 0) is 93.0 Å². The quantitative estimate of drug-likeness (QED) is 0.174. The standard InChI is InChI=1S/C49H34N2/c1-4-16-34(17-5-1)35-30-32-38(33-31-35)50(36-18-6-2-7-19-36)49-42-23-11-10-22-41(42)47-39(25-14-27-44(47)49)40-26-15-29-46-48(40)43-24-12-13-28-45(43)51(46)37-20-8-3-9-21-37/h1-33,49H. The van der Waals surface area contributed by atoms with Gasteiger partial charge in [0.1, 0.15) is 0 Å². The molecule has 1 aromatic heterocycles. The lowest BCUT2D eigenvalue weighted by Crippen LogP contribution is -2.23. The van der Waals surface area contributed by atoms with Crippen molar-refractivity contribution in [2.45, 2.75) is 6.04 Å². The molecular weight excluding hydrogens is 617 g/mol. The molecule has 0 radical (unpaired) electrons. The van der Waals surface area contributed by atoms with Crippen molar-refractivity contribution in [3.8, 4) is 39.1 Å². The topological polar surface area (TPSA) is 8.17 Å². The second-order valence-electron chi connectivity index (χ2n) is 13.3. The molecule has 0 fully saturated rings. The van der Waals surface area contributed by atoms with Crippen LogP contribution >= 0.6 is 0 Å². The Bertz CT molecular complexity index is 2670. The Kier molecular flexibility index (Phi) is 6.92. The van der Waals surface area contributed by atoms with Gasteiger partial charge in [-0.2, -0.15) is 0 Å². The molecule has 51 heavy (non-hydrogen) atoms. The maximum atomic E-state index is 2.52. The van der Waals surface area contributed by atoms with Gasteiger partial charge in [-0.15, -0.1) is 0 Å². The van der Waals surface area contributed by atoms with Crippen LogP contribution in [0.2, 0.25) is 0 Å². The normalized spacial score (nSPS) is 13.3. The molecule has 0 aliphatic heterocycles. The average Bonchev–Trinajstić information content (AvgIpc) is 3.73. The molecular formula is C49H34N2. The first-order chi connectivity index (χ1) is 25.3. The number of rotatable bonds is 6. The highest BCUT2D eigenvalue weighted by molar-refractivity contribution is 6.17. The van der Waals surface area contributed by atoms with Gasteiger partial charge in [0.05, 0.1) is 17.1 Å². The third-order valence-corrected chi connectivity index (χ3v) is 10.5. The molecule has 0 saturated heterocycles. The van der Waals surface area contributed by atoms with Crippen molar-refractivity contribution in [2.75, 3.05) is 4.90 Å². The molecule has 0 bridgehead atoms. The summed E-state index contributed by atoms with van der Waals surface area (Å²) in [6, 6.07) is 72.8. The Morgan fingerprint density at radius 2 is 0.922 bits per heavy atom. The highest BCUT2D eigenvalue weighted by Gasteiger charge is 2.36. The van der Waals surface area contributed by atoms with Crippen LogP contribution in [0.3, 0.4) is 0 Å². The first kappa shape index (κ1) is 29.3. The van der Waals surface area contributed by atoms with E-state index < -0.39 is 0 Å². The second kappa shape index (κ2) is 12.0. The van der Waals surface area contributed by atoms with Crippen LogP contribution < -0.4 is 4.90 Å². The third kappa shape index (κ3) is 4.72. The summed E-state index contributed by atoms with van der Waals surface area (Å²) in [5.41, 5.74) is 16.1. The van der Waals surface area contributed by atoms with Gasteiger partial charge in [0.25, 0.3) is 0 Å². The molecule has 8 aromatic carbocycles. The van der Waals surface area contributed by atoms with E-state index in [4.69, 9.17) is 0 Å². The molecule has 0 spiro atoms. The monoisotopic (exact) mass is 650 g/mol. The van der Waals surface area contributed by atoms with Crippen LogP contribution in [-0.2, 0) is 0 Å². The van der Waals surface area contributed by atoms with E-state index >= 15 is 0 Å². The van der Waals surface area contributed by atoms with Crippen molar-refractivity contribution in [3.63, 3.8) is 0 Å². The molecule has 10 rings (SSSR count). The first-order valence-electron chi connectivity index (χ1n) is 17.6. The summed E-state index contributed by atoms with van der Waals surface area (Å²) in [5.74, 6) is 0. The summed E-state index contributed by atoms with van der Waals surface area (Å²) in [6.07, 6.45) is 0. The summed E-state index contributed by atoms with van der Waals surface area (Å²) in [5, 5.41) is 2.54. The van der Waals surface area contributed by atoms with E-state index in [2.05, 4.69) is 210 Å². The number of nitrogens with zero attached hydrogens (tertiary/aromatic N) is 2. The Labute approximate surface area is 298 Å². The maximum absolute atomic E-state index is 2.52. The van der Waals surface area contributed by atoms with Crippen molar-refractivity contribution >= 4 is 33.2 Å². The fourth-order valence-corrected chi connectivity index (χ4v) is 8.31. The fraction of sp³-hybridized carbons (Fsp3) is 0.0204. The Morgan fingerprint density at radius 3 is 1.73 bits per heavy atom. The van der Waals surface area contributed by atoms with Crippen molar-refractivity contribution in [2.24, 2.45) is 0 Å². The number of hydrogen-bond acceptors (Lipinski definition) is 1. The van der Waals surface area contributed by atoms with E-state index in [1.165, 1.54) is 72.0 Å². The van der Waals surface area contributed by atoms with Crippen LogP contribution in [0.5, 0.6) is 0 Å². The molecule has 1 heterocycles. The van der Waals surface area contributed by atoms with Crippen LogP contribution in [0.25, 0.3) is 60.9 Å². The molecule has 240 valence electrons. The van der Waals surface area contributed by atoms with Crippen LogP contribution in [-0.4, -0.2) is 4.57 Å². The molecule has 0 amide bonds. The zero-order valence-corrected chi connectivity index (χ0v) is 28.0. The summed E-state index contributed by atoms with van der Waals surface area (Å²) in [7, 11) is 0. The van der Waals surface area contributed by atoms with E-state index in [0.717, 1.165) is 11.4 Å². The minimum absolute atomic E-state index is 0.00834. The molecule has 2 nitrogen and oxygen atoms in total. The van der Waals surface area contributed by atoms with Crippen molar-refractivity contribution < 1.29 is 0 Å². The van der Waals surface area contributed by atoms with Gasteiger partial charge in [0, 0.05) is 27.8 Å². The SMILES string of the molecule is c1ccc(-c2ccc(N(c3ccccc3)C3c4ccccc4-c4c(-c5cccc6c5c5ccccc5n6-c5ccccc5)cccc43)cc2)cc1. The molecule has 9 aromatic rings. The number of fused-ring (bicyclic) bond motifs is 6. The highest BCUT2D eigenvalue weighted by Crippen LogP contribution is 2.54. The first-order valence-corrected chi connectivity index (χ1v) is 17.6. The van der Waals surface area contributed by atoms with Gasteiger partial charge >= 0.3 is 0 Å². The van der Waals surface area contributed by atoms with Gasteiger partial charge in [-0.1, -0.05) is 152 Å². The van der Waals surface area contributed by atoms with E-state index in [0.29, 0.717) is 0 Å². The minimum atomic E-state index is -0.00834. The average molecular weight is 651 g/mol. The van der Waals surface area contributed by atoms with Crippen LogP contribution in [0, 0.1) is 0 Å². The zero-order chi connectivity index (χ0) is 33.7. The van der Waals surface area contributed by atoms with Crippen molar-refractivity contribution in [1.82, 2.24) is 4.57 Å². The Morgan fingerprint density at radius 1 is 0.373 bits per heavy atom. The predicted octanol–water partition coefficient (Wildman–Crippen LogP) is 13.0. The van der Waals surface area contributed by atoms with Crippen molar-refractivity contribution in [3.05, 3.63) is 211 Å². The third-order valence-electron chi connectivity index (χ3n) is 10.5. The van der Waals surface area contributed by atoms with Gasteiger partial charge in [0.15, 0.2) is 0 Å². The highest BCUT2D eigenvalue weighted by atomic mass is 15.2. The minimum Gasteiger partial charge on any atom is -0.330 e. The molecule has 1 aliphatic carbocycles. The zero-order valence-electron chi connectivity index (χ0n) is 28.0. The van der Waals surface area contributed by atoms with Crippen LogP contribution in [0.4, 0.5) is 11.4 Å². The van der Waals surface area contributed by atoms with Gasteiger partial charge in [-0.3, -0.25) is 0 Å². The number of benzene rings is 8. The van der Waals surface area contributed by atoms with Crippen LogP contribution in [0.1, 0.15) is 17.2 Å². The largest absolute Gasteiger partial charge is 0.330 e. The molecule has 1 aliphatic rings. The van der Waals surface area contributed by atoms with Gasteiger partial charge in [0.2, 0.25) is 0 Å². The van der Waals surface area contributed by atoms with E-state index in [9.17, 15) is 0 Å². The summed E-state index contributed by atoms with van der Waals surface area (Å²) in [4.78, 5) is 2.52. The lowest BCUT2D eigenvalue weighted by atomic mass is 9.91. The van der Waals surface area contributed by atoms with E-state index in [-0.39, 0.29) is 6.04 Å². The molecule has 0 N–H and O–H groups in total. The number of aromatic nitrogens is 1. The second-order valence-corrected chi connectivity index (χ2v) is 13.3. The number of para-hydroxylation sites is 3. The van der Waals surface area contributed by atoms with Crippen molar-refractivity contribution in [1.29, 1.82) is 0 Å². The van der Waals surface area contributed by atoms with Gasteiger partial charge in [-0.25, -0.2) is 0 Å². The predicted molar refractivity (Wildman–Crippen MR) is 214 cm³/mol. The lowest BCUT2D eigenvalue weighted by molar-refractivity contribution is 0.842. The summed E-state index contributed by atoms with van der Waals surface area (Å²) >= 11 is 0. The molecule has 1 atom stereocenters. The Balaban J connectivity index is 1.20. The summed E-state index contributed by atoms with van der Waals surface area (Å²) in [6.45, 7) is 0. The van der Waals surface area contributed by atoms with Crippen LogP contribution in [0.15, 0.2) is 200 Å². The van der Waals surface area contributed by atoms with Gasteiger partial charge < -0.3 is 9.47 Å². The molecule has 1 unspecified atom stereocenters. The van der Waals surface area contributed by atoms with E-state index in [1.807, 2.05) is 0 Å². The molecule has 2 heteroatoms. The Hall–Kier alpha value is -6.64. The lowest BCUT2D eigenvalue weighted by Gasteiger charge is -2.33.